The van der Waals surface area contributed by atoms with Gasteiger partial charge in [-0.05, 0) is 82.5 Å². The summed E-state index contributed by atoms with van der Waals surface area (Å²) in [6.45, 7) is 8.27. The van der Waals surface area contributed by atoms with Crippen molar-refractivity contribution in [2.75, 3.05) is 13.1 Å². The fraction of sp³-hybridized carbons (Fsp3) is 0.567. The number of esters is 1. The quantitative estimate of drug-likeness (QED) is 0.500. The van der Waals surface area contributed by atoms with Crippen molar-refractivity contribution in [1.82, 2.24) is 4.90 Å². The first kappa shape index (κ1) is 22.7. The third-order valence-corrected chi connectivity index (χ3v) is 8.49. The molecule has 4 fully saturated rings. The van der Waals surface area contributed by atoms with E-state index in [4.69, 9.17) is 4.74 Å². The summed E-state index contributed by atoms with van der Waals surface area (Å²) >= 11 is 0. The van der Waals surface area contributed by atoms with Crippen molar-refractivity contribution >= 4 is 5.97 Å². The van der Waals surface area contributed by atoms with Gasteiger partial charge in [0.05, 0.1) is 5.41 Å². The molecule has 2 aromatic carbocycles. The van der Waals surface area contributed by atoms with E-state index in [0.29, 0.717) is 17.8 Å². The number of piperidine rings is 1. The van der Waals surface area contributed by atoms with Gasteiger partial charge < -0.3 is 4.74 Å². The molecule has 33 heavy (non-hydrogen) atoms. The number of hydrogen-bond donors (Lipinski definition) is 0. The minimum absolute atomic E-state index is 0.0448. The molecular weight excluding hydrogens is 406 g/mol. The Hall–Kier alpha value is -2.13. The molecule has 2 bridgehead atoms. The van der Waals surface area contributed by atoms with Crippen LogP contribution in [0, 0.1) is 11.3 Å². The fourth-order valence-corrected chi connectivity index (χ4v) is 6.92. The van der Waals surface area contributed by atoms with Crippen LogP contribution in [0.15, 0.2) is 60.7 Å². The van der Waals surface area contributed by atoms with Gasteiger partial charge in [0, 0.05) is 17.9 Å². The van der Waals surface area contributed by atoms with E-state index in [0.717, 1.165) is 6.42 Å². The van der Waals surface area contributed by atoms with Gasteiger partial charge in [-0.1, -0.05) is 67.1 Å². The molecule has 3 nitrogen and oxygen atoms in total. The molecule has 0 amide bonds. The average Bonchev–Trinajstić information content (AvgIpc) is 2.85. The summed E-state index contributed by atoms with van der Waals surface area (Å²) in [4.78, 5) is 15.9. The molecule has 6 rings (SSSR count). The Morgan fingerprint density at radius 2 is 1.33 bits per heavy atom. The van der Waals surface area contributed by atoms with Gasteiger partial charge in [0.25, 0.3) is 0 Å². The molecule has 3 aliphatic carbocycles. The lowest BCUT2D eigenvalue weighted by Gasteiger charge is -2.62. The van der Waals surface area contributed by atoms with E-state index in [-0.39, 0.29) is 17.6 Å². The number of ether oxygens (including phenoxy) is 1. The highest BCUT2D eigenvalue weighted by molar-refractivity contribution is 5.75. The van der Waals surface area contributed by atoms with E-state index in [1.807, 2.05) is 20.8 Å². The third-order valence-electron chi connectivity index (χ3n) is 8.49. The van der Waals surface area contributed by atoms with Crippen LogP contribution in [0.25, 0.3) is 0 Å². The molecule has 2 aromatic rings. The Kier molecular flexibility index (Phi) is 6.11. The zero-order valence-electron chi connectivity index (χ0n) is 20.5. The number of rotatable bonds is 4. The van der Waals surface area contributed by atoms with Crippen molar-refractivity contribution in [1.29, 1.82) is 0 Å². The van der Waals surface area contributed by atoms with Gasteiger partial charge in [-0.15, -0.1) is 0 Å². The van der Waals surface area contributed by atoms with Gasteiger partial charge in [-0.2, -0.15) is 0 Å². The largest absolute Gasteiger partial charge is 0.462 e. The van der Waals surface area contributed by atoms with E-state index >= 15 is 0 Å². The van der Waals surface area contributed by atoms with Gasteiger partial charge in [0.15, 0.2) is 0 Å². The molecule has 0 N–H and O–H groups in total. The summed E-state index contributed by atoms with van der Waals surface area (Å²) in [6.07, 6.45) is 7.18. The minimum Gasteiger partial charge on any atom is -0.462 e. The lowest BCUT2D eigenvalue weighted by atomic mass is 9.51. The predicted molar refractivity (Wildman–Crippen MR) is 133 cm³/mol. The van der Waals surface area contributed by atoms with Crippen LogP contribution in [0.5, 0.6) is 0 Å². The van der Waals surface area contributed by atoms with E-state index in [1.54, 1.807) is 0 Å². The normalized spacial score (nSPS) is 32.5. The number of carbonyl (C=O) groups is 1. The summed E-state index contributed by atoms with van der Waals surface area (Å²) in [6, 6.07) is 22.0. The number of fused-ring (bicyclic) bond motifs is 3. The molecule has 1 heterocycles. The summed E-state index contributed by atoms with van der Waals surface area (Å²) in [7, 11) is 0. The molecule has 0 aromatic heterocycles. The van der Waals surface area contributed by atoms with E-state index < -0.39 is 5.41 Å². The van der Waals surface area contributed by atoms with Gasteiger partial charge in [0.1, 0.15) is 6.10 Å². The molecule has 4 aliphatic rings. The maximum absolute atomic E-state index is 13.1. The zero-order valence-corrected chi connectivity index (χ0v) is 20.5. The number of nitrogens with zero attached hydrogens (tertiary/aromatic N) is 1. The van der Waals surface area contributed by atoms with Crippen LogP contribution in [0.3, 0.4) is 0 Å². The molecule has 0 spiro atoms. The van der Waals surface area contributed by atoms with Gasteiger partial charge >= 0.3 is 5.97 Å². The van der Waals surface area contributed by atoms with E-state index in [9.17, 15) is 4.79 Å². The Morgan fingerprint density at radius 3 is 1.82 bits per heavy atom. The van der Waals surface area contributed by atoms with E-state index in [2.05, 4.69) is 65.6 Å². The third kappa shape index (κ3) is 4.37. The van der Waals surface area contributed by atoms with Crippen LogP contribution < -0.4 is 0 Å². The molecular formula is C30H39NO2. The van der Waals surface area contributed by atoms with Crippen molar-refractivity contribution < 1.29 is 9.53 Å². The number of benzene rings is 2. The zero-order chi connectivity index (χ0) is 23.1. The smallest absolute Gasteiger partial charge is 0.311 e. The number of carbonyl (C=O) groups excluding carboxylic acids is 1. The summed E-state index contributed by atoms with van der Waals surface area (Å²) in [5, 5.41) is 0. The second-order valence-electron chi connectivity index (χ2n) is 11.7. The topological polar surface area (TPSA) is 29.5 Å². The van der Waals surface area contributed by atoms with Crippen molar-refractivity contribution in [2.45, 2.75) is 82.8 Å². The maximum Gasteiger partial charge on any atom is 0.311 e. The molecule has 1 saturated heterocycles. The monoisotopic (exact) mass is 445 g/mol. The van der Waals surface area contributed by atoms with Crippen molar-refractivity contribution in [3.05, 3.63) is 71.8 Å². The van der Waals surface area contributed by atoms with Crippen LogP contribution in [0.4, 0.5) is 0 Å². The molecule has 1 aliphatic heterocycles. The molecule has 176 valence electrons. The number of likely N-dealkylation sites (tertiary alicyclic amines) is 1. The maximum atomic E-state index is 13.1. The van der Waals surface area contributed by atoms with Gasteiger partial charge in [-0.25, -0.2) is 0 Å². The fourth-order valence-electron chi connectivity index (χ4n) is 6.92. The highest BCUT2D eigenvalue weighted by Crippen LogP contribution is 2.61. The Bertz CT molecular complexity index is 893. The summed E-state index contributed by atoms with van der Waals surface area (Å²) < 4.78 is 6.44. The van der Waals surface area contributed by atoms with Crippen molar-refractivity contribution in [2.24, 2.45) is 11.3 Å². The Labute approximate surface area is 199 Å². The Morgan fingerprint density at radius 1 is 0.818 bits per heavy atom. The van der Waals surface area contributed by atoms with E-state index in [1.165, 1.54) is 56.3 Å². The first-order valence-corrected chi connectivity index (χ1v) is 12.9. The second kappa shape index (κ2) is 8.91. The van der Waals surface area contributed by atoms with Gasteiger partial charge in [0.2, 0.25) is 0 Å². The summed E-state index contributed by atoms with van der Waals surface area (Å²) in [5.41, 5.74) is 2.42. The second-order valence-corrected chi connectivity index (χ2v) is 11.7. The first-order chi connectivity index (χ1) is 15.9. The minimum atomic E-state index is -0.487. The van der Waals surface area contributed by atoms with Crippen molar-refractivity contribution in [3.8, 4) is 0 Å². The number of hydrogen-bond acceptors (Lipinski definition) is 3. The van der Waals surface area contributed by atoms with Crippen LogP contribution in [-0.2, 0) is 9.53 Å². The van der Waals surface area contributed by atoms with Crippen LogP contribution in [0.1, 0.15) is 82.3 Å². The molecule has 3 heteroatoms. The first-order valence-electron chi connectivity index (χ1n) is 12.9. The average molecular weight is 446 g/mol. The van der Waals surface area contributed by atoms with Crippen LogP contribution in [-0.4, -0.2) is 35.6 Å². The van der Waals surface area contributed by atoms with Crippen molar-refractivity contribution in [3.63, 3.8) is 0 Å². The molecule has 0 unspecified atom stereocenters. The highest BCUT2D eigenvalue weighted by Gasteiger charge is 2.59. The van der Waals surface area contributed by atoms with Gasteiger partial charge in [-0.3, -0.25) is 9.69 Å². The lowest BCUT2D eigenvalue weighted by molar-refractivity contribution is -0.178. The standard InChI is InChI=1S/C30H39NO2/c1-29(2,3)28(32)33-26-21-30(31-17-11-6-12-18-31)19-24(22-13-7-4-8-14-22)27(26)25(20-30)23-15-9-5-10-16-23/h4-5,7-10,13-16,24-27H,6,11-12,17-21H2,1-3H3/t24-,25-,26+,27?,30?/m0/s1. The SMILES string of the molecule is CC(C)(C)C(=O)O[C@@H]1CC2(N3CCCCC3)C[C@@H](c3ccccc3)C1[C@H](c1ccccc1)C2. The van der Waals surface area contributed by atoms with Crippen LogP contribution in [0.2, 0.25) is 0 Å². The predicted octanol–water partition coefficient (Wildman–Crippen LogP) is 6.55. The lowest BCUT2D eigenvalue weighted by Crippen LogP contribution is -2.64. The Balaban J connectivity index is 1.60. The summed E-state index contributed by atoms with van der Waals surface area (Å²) in [5.74, 6) is 1.05. The molecule has 3 atom stereocenters. The highest BCUT2D eigenvalue weighted by atomic mass is 16.5. The van der Waals surface area contributed by atoms with Crippen LogP contribution >= 0.6 is 0 Å². The molecule has 3 saturated carbocycles. The molecule has 0 radical (unpaired) electrons.